The van der Waals surface area contributed by atoms with Crippen LogP contribution in [0.1, 0.15) is 5.56 Å². The van der Waals surface area contributed by atoms with Crippen LogP contribution in [0.15, 0.2) is 17.1 Å². The number of ether oxygens (including phenoxy) is 3. The third kappa shape index (κ3) is 7.09. The molecule has 0 spiro atoms. The minimum atomic E-state index is -4.26. The molecule has 21 heavy (non-hydrogen) atoms. The van der Waals surface area contributed by atoms with Crippen molar-refractivity contribution < 1.29 is 78.6 Å². The van der Waals surface area contributed by atoms with Gasteiger partial charge < -0.3 is 18.8 Å². The smallest absolute Gasteiger partial charge is 0.748 e. The Morgan fingerprint density at radius 3 is 2.10 bits per heavy atom. The van der Waals surface area contributed by atoms with Crippen LogP contribution in [0, 0.1) is 0 Å². The van der Waals surface area contributed by atoms with Crippen molar-refractivity contribution in [3.05, 3.63) is 17.7 Å². The van der Waals surface area contributed by atoms with Crippen molar-refractivity contribution >= 4 is 16.3 Å². The van der Waals surface area contributed by atoms with Gasteiger partial charge in [0.1, 0.15) is 5.75 Å². The summed E-state index contributed by atoms with van der Waals surface area (Å²) in [6.07, 6.45) is 1.42. The molecule has 1 aromatic carbocycles. The summed E-state index contributed by atoms with van der Waals surface area (Å²) in [7, 11) is 0.229. The Hall–Kier alpha value is -0.164. The van der Waals surface area contributed by atoms with E-state index in [0.29, 0.717) is 22.8 Å². The number of rotatable bonds is 7. The summed E-state index contributed by atoms with van der Waals surface area (Å²) in [6.45, 7) is -0.108. The fraction of sp³-hybridized carbons (Fsp3) is 0.417. The van der Waals surface area contributed by atoms with Gasteiger partial charge in [0.05, 0.1) is 43.7 Å². The summed E-state index contributed by atoms with van der Waals surface area (Å²) in [6, 6.07) is 3.28. The second-order valence-corrected chi connectivity index (χ2v) is 5.27. The van der Waals surface area contributed by atoms with Crippen LogP contribution >= 0.6 is 0 Å². The van der Waals surface area contributed by atoms with Crippen molar-refractivity contribution in [2.75, 3.05) is 33.6 Å². The van der Waals surface area contributed by atoms with Gasteiger partial charge in [0.15, 0.2) is 11.5 Å². The average molecular weight is 341 g/mol. The number of aliphatic imine (C=N–C) groups is 1. The quantitative estimate of drug-likeness (QED) is 0.314. The maximum atomic E-state index is 10.5. The third-order valence-corrected chi connectivity index (χ3v) is 3.12. The maximum absolute atomic E-state index is 10.5. The van der Waals surface area contributed by atoms with Gasteiger partial charge in [-0.2, -0.15) is 0 Å². The summed E-state index contributed by atoms with van der Waals surface area (Å²) in [5.41, 5.74) is 0.591. The number of methoxy groups -OCH3 is 3. The van der Waals surface area contributed by atoms with E-state index in [0.717, 1.165) is 0 Å². The van der Waals surface area contributed by atoms with Gasteiger partial charge in [0.2, 0.25) is 0 Å². The standard InChI is InChI=1S/C12H17NO6S.K/c1-17-10-7-12(19-3)11(18-2)6-9(10)8-13-4-5-20(14,15)16;/h6-8H,4-5H2,1-3H3,(H,14,15,16);/q;+1/p-1. The first-order valence-electron chi connectivity index (χ1n) is 5.64. The van der Waals surface area contributed by atoms with E-state index in [2.05, 4.69) is 4.99 Å². The Morgan fingerprint density at radius 1 is 1.10 bits per heavy atom. The van der Waals surface area contributed by atoms with E-state index in [1.807, 2.05) is 0 Å². The fourth-order valence-electron chi connectivity index (χ4n) is 1.48. The molecule has 0 amide bonds. The van der Waals surface area contributed by atoms with Crippen LogP contribution in [0.3, 0.4) is 0 Å². The van der Waals surface area contributed by atoms with Gasteiger partial charge in [-0.05, 0) is 6.07 Å². The normalized spacial score (nSPS) is 11.0. The number of nitrogens with zero attached hydrogens (tertiary/aromatic N) is 1. The molecule has 0 aromatic heterocycles. The summed E-state index contributed by atoms with van der Waals surface area (Å²) in [5, 5.41) is 0. The zero-order valence-electron chi connectivity index (χ0n) is 12.5. The van der Waals surface area contributed by atoms with E-state index in [4.69, 9.17) is 14.2 Å². The van der Waals surface area contributed by atoms with Crippen LogP contribution < -0.4 is 65.6 Å². The second-order valence-electron chi connectivity index (χ2n) is 3.75. The maximum Gasteiger partial charge on any atom is 1.00 e. The molecule has 0 bridgehead atoms. The first kappa shape index (κ1) is 20.8. The molecule has 0 saturated carbocycles. The van der Waals surface area contributed by atoms with Crippen molar-refractivity contribution in [1.29, 1.82) is 0 Å². The monoisotopic (exact) mass is 341 g/mol. The molecule has 0 heterocycles. The topological polar surface area (TPSA) is 97.2 Å². The van der Waals surface area contributed by atoms with Crippen molar-refractivity contribution in [3.63, 3.8) is 0 Å². The van der Waals surface area contributed by atoms with Gasteiger partial charge in [-0.25, -0.2) is 8.42 Å². The number of hydrogen-bond acceptors (Lipinski definition) is 7. The largest absolute Gasteiger partial charge is 1.00 e. The zero-order valence-corrected chi connectivity index (χ0v) is 16.4. The molecule has 0 fully saturated rings. The molecule has 0 saturated heterocycles. The van der Waals surface area contributed by atoms with E-state index in [1.54, 1.807) is 12.1 Å². The summed E-state index contributed by atoms with van der Waals surface area (Å²) in [4.78, 5) is 3.89. The molecule has 9 heteroatoms. The summed E-state index contributed by atoms with van der Waals surface area (Å²) >= 11 is 0. The molecule has 0 radical (unpaired) electrons. The molecule has 1 rings (SSSR count). The molecule has 0 aliphatic heterocycles. The van der Waals surface area contributed by atoms with Gasteiger partial charge in [-0.15, -0.1) is 0 Å². The second kappa shape index (κ2) is 9.77. The van der Waals surface area contributed by atoms with Crippen molar-refractivity contribution in [1.82, 2.24) is 0 Å². The van der Waals surface area contributed by atoms with E-state index >= 15 is 0 Å². The molecule has 0 aliphatic carbocycles. The predicted octanol–water partition coefficient (Wildman–Crippen LogP) is -2.32. The van der Waals surface area contributed by atoms with E-state index in [1.165, 1.54) is 27.5 Å². The van der Waals surface area contributed by atoms with Crippen molar-refractivity contribution in [2.45, 2.75) is 0 Å². The van der Waals surface area contributed by atoms with Gasteiger partial charge in [0, 0.05) is 17.8 Å². The third-order valence-electron chi connectivity index (χ3n) is 2.44. The molecule has 1 aromatic rings. The van der Waals surface area contributed by atoms with Crippen LogP contribution in [-0.2, 0) is 10.1 Å². The Bertz CT molecular complexity index is 588. The van der Waals surface area contributed by atoms with Crippen LogP contribution in [0.25, 0.3) is 0 Å². The Kier molecular flexibility index (Phi) is 9.70. The molecule has 0 atom stereocenters. The Labute approximate surface area is 166 Å². The Balaban J connectivity index is 0.00000400. The van der Waals surface area contributed by atoms with E-state index < -0.39 is 15.9 Å². The fourth-order valence-corrected chi connectivity index (χ4v) is 1.81. The van der Waals surface area contributed by atoms with Crippen molar-refractivity contribution in [2.24, 2.45) is 4.99 Å². The van der Waals surface area contributed by atoms with Gasteiger partial charge in [0.25, 0.3) is 0 Å². The number of benzene rings is 1. The minimum Gasteiger partial charge on any atom is -0.748 e. The van der Waals surface area contributed by atoms with Crippen LogP contribution in [-0.4, -0.2) is 52.8 Å². The average Bonchev–Trinajstić information content (AvgIpc) is 2.41. The first-order valence-corrected chi connectivity index (χ1v) is 7.22. The molecule has 0 unspecified atom stereocenters. The van der Waals surface area contributed by atoms with Crippen LogP contribution in [0.4, 0.5) is 0 Å². The van der Waals surface area contributed by atoms with E-state index in [9.17, 15) is 13.0 Å². The predicted molar refractivity (Wildman–Crippen MR) is 73.1 cm³/mol. The first-order chi connectivity index (χ1) is 9.41. The summed E-state index contributed by atoms with van der Waals surface area (Å²) in [5.74, 6) is 0.949. The Morgan fingerprint density at radius 2 is 1.62 bits per heavy atom. The molecule has 7 nitrogen and oxygen atoms in total. The molecular formula is C12H16KNO6S. The molecule has 112 valence electrons. The van der Waals surface area contributed by atoms with Gasteiger partial charge >= 0.3 is 51.4 Å². The minimum absolute atomic E-state index is 0. The van der Waals surface area contributed by atoms with Gasteiger partial charge in [-0.1, -0.05) is 0 Å². The molecule has 0 N–H and O–H groups in total. The van der Waals surface area contributed by atoms with Crippen LogP contribution in [0.5, 0.6) is 17.2 Å². The molecule has 0 aliphatic rings. The van der Waals surface area contributed by atoms with Crippen LogP contribution in [0.2, 0.25) is 0 Å². The molecular weight excluding hydrogens is 325 g/mol. The zero-order chi connectivity index (χ0) is 15.2. The van der Waals surface area contributed by atoms with Crippen molar-refractivity contribution in [3.8, 4) is 17.2 Å². The SMILES string of the molecule is COc1cc(OC)c(OC)cc1C=NCCS(=O)(=O)[O-].[K+]. The van der Waals surface area contributed by atoms with E-state index in [-0.39, 0.29) is 57.9 Å². The number of hydrogen-bond donors (Lipinski definition) is 0. The van der Waals surface area contributed by atoms with Gasteiger partial charge in [-0.3, -0.25) is 4.99 Å². The summed E-state index contributed by atoms with van der Waals surface area (Å²) < 4.78 is 46.8.